The highest BCUT2D eigenvalue weighted by molar-refractivity contribution is 6.00. The van der Waals surface area contributed by atoms with Crippen molar-refractivity contribution in [2.24, 2.45) is 0 Å². The Morgan fingerprint density at radius 1 is 1.45 bits per heavy atom. The molecule has 5 nitrogen and oxygen atoms in total. The van der Waals surface area contributed by atoms with Gasteiger partial charge in [0.15, 0.2) is 0 Å². The number of aromatic carboxylic acids is 1. The first-order chi connectivity index (χ1) is 9.49. The van der Waals surface area contributed by atoms with Crippen molar-refractivity contribution in [3.8, 4) is 12.3 Å². The highest BCUT2D eigenvalue weighted by atomic mass is 16.4. The molecule has 1 aromatic carbocycles. The van der Waals surface area contributed by atoms with Crippen LogP contribution in [0.1, 0.15) is 29.3 Å². The van der Waals surface area contributed by atoms with Crippen LogP contribution in [0.4, 0.5) is 10.5 Å². The molecule has 0 aliphatic carbocycles. The Hall–Kier alpha value is -2.48. The van der Waals surface area contributed by atoms with E-state index in [9.17, 15) is 9.59 Å². The Labute approximate surface area is 118 Å². The number of rotatable bonds is 5. The van der Waals surface area contributed by atoms with E-state index in [0.29, 0.717) is 6.54 Å². The van der Waals surface area contributed by atoms with Crippen LogP contribution in [0.15, 0.2) is 18.2 Å². The first-order valence-corrected chi connectivity index (χ1v) is 6.33. The predicted octanol–water partition coefficient (Wildman–Crippen LogP) is 2.57. The number of hydrogen-bond acceptors (Lipinski definition) is 2. The first-order valence-electron chi connectivity index (χ1n) is 6.33. The Bertz CT molecular complexity index is 547. The number of carbonyl (C=O) groups excluding carboxylic acids is 1. The SMILES string of the molecule is C#CCN(CCC)C(=O)Nc1ccc(C)cc1C(=O)O. The number of nitrogens with one attached hydrogen (secondary N) is 1. The summed E-state index contributed by atoms with van der Waals surface area (Å²) in [5.74, 6) is 1.33. The minimum atomic E-state index is -1.08. The molecule has 1 rings (SSSR count). The highest BCUT2D eigenvalue weighted by Gasteiger charge is 2.16. The fourth-order valence-electron chi connectivity index (χ4n) is 1.77. The Morgan fingerprint density at radius 3 is 2.70 bits per heavy atom. The number of amides is 2. The third-order valence-corrected chi connectivity index (χ3v) is 2.71. The Morgan fingerprint density at radius 2 is 2.15 bits per heavy atom. The lowest BCUT2D eigenvalue weighted by Gasteiger charge is -2.20. The van der Waals surface area contributed by atoms with Gasteiger partial charge in [-0.2, -0.15) is 0 Å². The number of terminal acetylenes is 1. The van der Waals surface area contributed by atoms with Crippen molar-refractivity contribution in [3.63, 3.8) is 0 Å². The number of aryl methyl sites for hydroxylation is 1. The van der Waals surface area contributed by atoms with E-state index in [2.05, 4.69) is 11.2 Å². The van der Waals surface area contributed by atoms with E-state index < -0.39 is 12.0 Å². The number of carboxylic acid groups (broad SMARTS) is 1. The molecule has 1 aromatic rings. The van der Waals surface area contributed by atoms with Crippen molar-refractivity contribution in [3.05, 3.63) is 29.3 Å². The summed E-state index contributed by atoms with van der Waals surface area (Å²) < 4.78 is 0. The van der Waals surface area contributed by atoms with Crippen LogP contribution in [0, 0.1) is 19.3 Å². The second-order valence-corrected chi connectivity index (χ2v) is 4.41. The largest absolute Gasteiger partial charge is 0.478 e. The van der Waals surface area contributed by atoms with Gasteiger partial charge in [0, 0.05) is 6.54 Å². The lowest BCUT2D eigenvalue weighted by molar-refractivity contribution is 0.0698. The summed E-state index contributed by atoms with van der Waals surface area (Å²) in [7, 11) is 0. The van der Waals surface area contributed by atoms with Gasteiger partial charge in [-0.05, 0) is 25.5 Å². The molecule has 106 valence electrons. The van der Waals surface area contributed by atoms with Gasteiger partial charge in [0.05, 0.1) is 17.8 Å². The molecule has 0 aliphatic heterocycles. The monoisotopic (exact) mass is 274 g/mol. The summed E-state index contributed by atoms with van der Waals surface area (Å²) in [4.78, 5) is 24.7. The summed E-state index contributed by atoms with van der Waals surface area (Å²) in [6, 6.07) is 4.45. The van der Waals surface area contributed by atoms with Gasteiger partial charge in [0.25, 0.3) is 0 Å². The minimum absolute atomic E-state index is 0.0653. The molecule has 0 radical (unpaired) electrons. The lowest BCUT2D eigenvalue weighted by Crippen LogP contribution is -2.36. The second kappa shape index (κ2) is 7.19. The van der Waals surface area contributed by atoms with E-state index in [1.54, 1.807) is 19.1 Å². The molecule has 0 heterocycles. The summed E-state index contributed by atoms with van der Waals surface area (Å²) in [5, 5.41) is 11.8. The van der Waals surface area contributed by atoms with Crippen molar-refractivity contribution >= 4 is 17.7 Å². The van der Waals surface area contributed by atoms with Gasteiger partial charge >= 0.3 is 12.0 Å². The van der Waals surface area contributed by atoms with Gasteiger partial charge in [-0.25, -0.2) is 9.59 Å². The fourth-order valence-corrected chi connectivity index (χ4v) is 1.77. The zero-order valence-corrected chi connectivity index (χ0v) is 11.6. The quantitative estimate of drug-likeness (QED) is 0.811. The maximum Gasteiger partial charge on any atom is 0.337 e. The smallest absolute Gasteiger partial charge is 0.337 e. The van der Waals surface area contributed by atoms with Crippen LogP contribution < -0.4 is 5.32 Å². The van der Waals surface area contributed by atoms with Gasteiger partial charge in [0.2, 0.25) is 0 Å². The minimum Gasteiger partial charge on any atom is -0.478 e. The van der Waals surface area contributed by atoms with Crippen molar-refractivity contribution in [1.82, 2.24) is 4.90 Å². The van der Waals surface area contributed by atoms with Gasteiger partial charge in [-0.1, -0.05) is 24.5 Å². The third kappa shape index (κ3) is 4.02. The van der Waals surface area contributed by atoms with Crippen LogP contribution in [0.2, 0.25) is 0 Å². The van der Waals surface area contributed by atoms with Crippen LogP contribution in [-0.2, 0) is 0 Å². The molecule has 0 aromatic heterocycles. The summed E-state index contributed by atoms with van der Waals surface area (Å²) in [6.45, 7) is 4.43. The van der Waals surface area contributed by atoms with Crippen molar-refractivity contribution in [1.29, 1.82) is 0 Å². The van der Waals surface area contributed by atoms with E-state index in [4.69, 9.17) is 11.5 Å². The number of nitrogens with zero attached hydrogens (tertiary/aromatic N) is 1. The highest BCUT2D eigenvalue weighted by Crippen LogP contribution is 2.18. The molecule has 0 aliphatic rings. The number of carboxylic acids is 1. The molecule has 2 amide bonds. The molecule has 0 saturated heterocycles. The van der Waals surface area contributed by atoms with Gasteiger partial charge in [-0.15, -0.1) is 6.42 Å². The fraction of sp³-hybridized carbons (Fsp3) is 0.333. The van der Waals surface area contributed by atoms with Crippen LogP contribution in [0.5, 0.6) is 0 Å². The zero-order chi connectivity index (χ0) is 15.1. The molecule has 2 N–H and O–H groups in total. The number of anilines is 1. The van der Waals surface area contributed by atoms with Crippen molar-refractivity contribution in [2.45, 2.75) is 20.3 Å². The molecule has 5 heteroatoms. The average Bonchev–Trinajstić information content (AvgIpc) is 2.40. The van der Waals surface area contributed by atoms with E-state index in [0.717, 1.165) is 12.0 Å². The third-order valence-electron chi connectivity index (χ3n) is 2.71. The summed E-state index contributed by atoms with van der Waals surface area (Å²) in [5.41, 5.74) is 1.15. The van der Waals surface area contributed by atoms with Gasteiger partial charge < -0.3 is 15.3 Å². The molecule has 0 saturated carbocycles. The van der Waals surface area contributed by atoms with Crippen molar-refractivity contribution < 1.29 is 14.7 Å². The predicted molar refractivity (Wildman–Crippen MR) is 77.9 cm³/mol. The van der Waals surface area contributed by atoms with E-state index in [1.807, 2.05) is 6.92 Å². The number of carbonyl (C=O) groups is 2. The topological polar surface area (TPSA) is 69.6 Å². The molecular formula is C15H18N2O3. The molecule has 0 bridgehead atoms. The number of hydrogen-bond donors (Lipinski definition) is 2. The normalized spacial score (nSPS) is 9.65. The standard InChI is InChI=1S/C15H18N2O3/c1-4-8-17(9-5-2)15(20)16-13-7-6-11(3)10-12(13)14(18)19/h1,6-7,10H,5,8-9H2,2-3H3,(H,16,20)(H,18,19). The Kier molecular flexibility index (Phi) is 5.60. The van der Waals surface area contributed by atoms with Crippen LogP contribution in [-0.4, -0.2) is 35.1 Å². The molecule has 0 spiro atoms. The van der Waals surface area contributed by atoms with Crippen LogP contribution >= 0.6 is 0 Å². The average molecular weight is 274 g/mol. The summed E-state index contributed by atoms with van der Waals surface area (Å²) in [6.07, 6.45) is 6.00. The van der Waals surface area contributed by atoms with E-state index in [-0.39, 0.29) is 17.8 Å². The molecule has 0 atom stereocenters. The number of urea groups is 1. The van der Waals surface area contributed by atoms with Gasteiger partial charge in [0.1, 0.15) is 0 Å². The summed E-state index contributed by atoms with van der Waals surface area (Å²) >= 11 is 0. The molecule has 0 unspecified atom stereocenters. The molecule has 0 fully saturated rings. The number of benzene rings is 1. The zero-order valence-electron chi connectivity index (χ0n) is 11.6. The van der Waals surface area contributed by atoms with E-state index in [1.165, 1.54) is 11.0 Å². The molecular weight excluding hydrogens is 256 g/mol. The second-order valence-electron chi connectivity index (χ2n) is 4.41. The van der Waals surface area contributed by atoms with E-state index >= 15 is 0 Å². The van der Waals surface area contributed by atoms with Crippen molar-refractivity contribution in [2.75, 3.05) is 18.4 Å². The van der Waals surface area contributed by atoms with Crippen LogP contribution in [0.3, 0.4) is 0 Å². The van der Waals surface area contributed by atoms with Gasteiger partial charge in [-0.3, -0.25) is 0 Å². The first kappa shape index (κ1) is 15.6. The maximum absolute atomic E-state index is 12.1. The van der Waals surface area contributed by atoms with Crippen LogP contribution in [0.25, 0.3) is 0 Å². The lowest BCUT2D eigenvalue weighted by atomic mass is 10.1. The Balaban J connectivity index is 2.95. The molecule has 20 heavy (non-hydrogen) atoms. The maximum atomic E-state index is 12.1.